The fourth-order valence-electron chi connectivity index (χ4n) is 5.50. The Kier molecular flexibility index (Phi) is 12.4. The summed E-state index contributed by atoms with van der Waals surface area (Å²) in [6.45, 7) is 9.88. The van der Waals surface area contributed by atoms with Crippen LogP contribution >= 0.6 is 11.8 Å². The van der Waals surface area contributed by atoms with Crippen molar-refractivity contribution < 1.29 is 19.5 Å². The SMILES string of the molecule is [C-]#[N+]c1ccc(Cn2cncc2CCNC(=O)[C@@H]2C[C@H](C(=O)N[C@@H](CCSC)C(=O)O)CN(CCc3ccccc3)C2)cc1. The van der Waals surface area contributed by atoms with E-state index in [9.17, 15) is 19.5 Å². The van der Waals surface area contributed by atoms with Gasteiger partial charge in [-0.3, -0.25) is 9.59 Å². The normalized spacial score (nSPS) is 17.4. The van der Waals surface area contributed by atoms with E-state index in [0.717, 1.165) is 17.7 Å². The summed E-state index contributed by atoms with van der Waals surface area (Å²) in [6.07, 6.45) is 7.56. The van der Waals surface area contributed by atoms with E-state index in [0.29, 0.717) is 63.4 Å². The summed E-state index contributed by atoms with van der Waals surface area (Å²) in [7, 11) is 0. The Labute approximate surface area is 263 Å². The molecule has 0 saturated carbocycles. The Balaban J connectivity index is 1.36. The highest BCUT2D eigenvalue weighted by Crippen LogP contribution is 2.24. The van der Waals surface area contributed by atoms with Gasteiger partial charge in [0.1, 0.15) is 6.04 Å². The van der Waals surface area contributed by atoms with Crippen molar-refractivity contribution in [2.75, 3.05) is 38.2 Å². The van der Waals surface area contributed by atoms with E-state index in [1.807, 2.05) is 41.2 Å². The summed E-state index contributed by atoms with van der Waals surface area (Å²) in [5, 5.41) is 15.4. The number of imidazole rings is 1. The predicted molar refractivity (Wildman–Crippen MR) is 171 cm³/mol. The Morgan fingerprint density at radius 2 is 1.77 bits per heavy atom. The minimum Gasteiger partial charge on any atom is -0.480 e. The number of likely N-dealkylation sites (tertiary alicyclic amines) is 1. The largest absolute Gasteiger partial charge is 0.480 e. The molecule has 1 fully saturated rings. The molecule has 232 valence electrons. The molecule has 10 nitrogen and oxygen atoms in total. The Hall–Kier alpha value is -4.14. The first-order valence-corrected chi connectivity index (χ1v) is 16.3. The standard InChI is InChI=1S/C33H40N6O4S/c1-34-28-10-8-25(9-11-28)20-39-23-35-19-29(39)12-15-36-31(40)26-18-27(32(41)37-30(33(42)43)14-17-44-2)22-38(21-26)16-13-24-6-4-3-5-7-24/h3-11,19,23,26-27,30H,12-18,20-22H2,2H3,(H,36,40)(H,37,41)(H,42,43)/t26-,27+,30+/m1/s1. The second kappa shape index (κ2) is 16.6. The summed E-state index contributed by atoms with van der Waals surface area (Å²) in [5.41, 5.74) is 3.82. The van der Waals surface area contributed by atoms with Crippen LogP contribution in [-0.2, 0) is 33.8 Å². The van der Waals surface area contributed by atoms with E-state index in [1.165, 1.54) is 17.3 Å². The van der Waals surface area contributed by atoms with E-state index in [1.54, 1.807) is 24.7 Å². The Morgan fingerprint density at radius 1 is 1.05 bits per heavy atom. The number of rotatable bonds is 15. The number of carbonyl (C=O) groups excluding carboxylic acids is 2. The van der Waals surface area contributed by atoms with Crippen molar-refractivity contribution in [3.8, 4) is 0 Å². The van der Waals surface area contributed by atoms with Gasteiger partial charge in [0, 0.05) is 51.0 Å². The van der Waals surface area contributed by atoms with E-state index in [4.69, 9.17) is 6.57 Å². The van der Waals surface area contributed by atoms with Gasteiger partial charge >= 0.3 is 5.97 Å². The van der Waals surface area contributed by atoms with Gasteiger partial charge < -0.3 is 25.2 Å². The van der Waals surface area contributed by atoms with Crippen molar-refractivity contribution in [3.63, 3.8) is 0 Å². The van der Waals surface area contributed by atoms with Crippen LogP contribution in [0.5, 0.6) is 0 Å². The van der Waals surface area contributed by atoms with Crippen LogP contribution in [0.4, 0.5) is 5.69 Å². The first-order valence-electron chi connectivity index (χ1n) is 14.9. The molecule has 2 aromatic carbocycles. The van der Waals surface area contributed by atoms with Crippen LogP contribution in [0.25, 0.3) is 4.85 Å². The highest BCUT2D eigenvalue weighted by Gasteiger charge is 2.36. The number of carboxylic acid groups (broad SMARTS) is 1. The van der Waals surface area contributed by atoms with Crippen LogP contribution in [0.1, 0.15) is 29.7 Å². The second-order valence-corrected chi connectivity index (χ2v) is 12.1. The molecule has 3 aromatic rings. The molecule has 0 radical (unpaired) electrons. The van der Waals surface area contributed by atoms with Gasteiger partial charge in [-0.1, -0.05) is 54.6 Å². The first kappa shape index (κ1) is 32.8. The number of hydrogen-bond donors (Lipinski definition) is 3. The number of nitrogens with one attached hydrogen (secondary N) is 2. The van der Waals surface area contributed by atoms with Gasteiger partial charge in [-0.15, -0.1) is 0 Å². The fraction of sp³-hybridized carbons (Fsp3) is 0.424. The molecule has 11 heteroatoms. The van der Waals surface area contributed by atoms with Gasteiger partial charge in [0.2, 0.25) is 11.8 Å². The second-order valence-electron chi connectivity index (χ2n) is 11.1. The summed E-state index contributed by atoms with van der Waals surface area (Å²) in [5.74, 6) is -1.71. The molecular weight excluding hydrogens is 576 g/mol. The highest BCUT2D eigenvalue weighted by atomic mass is 32.2. The van der Waals surface area contributed by atoms with Gasteiger partial charge in [-0.2, -0.15) is 11.8 Å². The molecule has 0 unspecified atom stereocenters. The van der Waals surface area contributed by atoms with Crippen LogP contribution in [0.3, 0.4) is 0 Å². The maximum absolute atomic E-state index is 13.4. The number of piperidine rings is 1. The van der Waals surface area contributed by atoms with Gasteiger partial charge in [-0.05, 0) is 42.4 Å². The number of amides is 2. The van der Waals surface area contributed by atoms with Crippen molar-refractivity contribution >= 4 is 35.2 Å². The number of benzene rings is 2. The number of carboxylic acids is 1. The van der Waals surface area contributed by atoms with Gasteiger partial charge in [-0.25, -0.2) is 14.6 Å². The van der Waals surface area contributed by atoms with Crippen molar-refractivity contribution in [3.05, 3.63) is 95.4 Å². The van der Waals surface area contributed by atoms with Gasteiger partial charge in [0.15, 0.2) is 5.69 Å². The number of carbonyl (C=O) groups is 3. The Morgan fingerprint density at radius 3 is 2.45 bits per heavy atom. The minimum atomic E-state index is -1.04. The zero-order valence-corrected chi connectivity index (χ0v) is 25.8. The minimum absolute atomic E-state index is 0.106. The average Bonchev–Trinajstić information content (AvgIpc) is 3.48. The lowest BCUT2D eigenvalue weighted by atomic mass is 9.87. The molecule has 1 aromatic heterocycles. The predicted octanol–water partition coefficient (Wildman–Crippen LogP) is 3.64. The topological polar surface area (TPSA) is 121 Å². The quantitative estimate of drug-likeness (QED) is 0.223. The molecule has 2 amide bonds. The van der Waals surface area contributed by atoms with Crippen molar-refractivity contribution in [1.29, 1.82) is 0 Å². The molecule has 1 aliphatic rings. The number of aromatic nitrogens is 2. The number of thioether (sulfide) groups is 1. The number of nitrogens with zero attached hydrogens (tertiary/aromatic N) is 4. The summed E-state index contributed by atoms with van der Waals surface area (Å²) >= 11 is 1.54. The van der Waals surface area contributed by atoms with E-state index >= 15 is 0 Å². The summed E-state index contributed by atoms with van der Waals surface area (Å²) < 4.78 is 2.03. The van der Waals surface area contributed by atoms with Crippen molar-refractivity contribution in [2.45, 2.75) is 38.3 Å². The molecular formula is C33H40N6O4S. The molecule has 0 spiro atoms. The maximum atomic E-state index is 13.4. The monoisotopic (exact) mass is 616 g/mol. The Bertz CT molecular complexity index is 1420. The van der Waals surface area contributed by atoms with Crippen molar-refractivity contribution in [1.82, 2.24) is 25.1 Å². The molecule has 0 bridgehead atoms. The maximum Gasteiger partial charge on any atom is 0.326 e. The lowest BCUT2D eigenvalue weighted by Gasteiger charge is -2.37. The molecule has 1 saturated heterocycles. The molecule has 3 N–H and O–H groups in total. The zero-order chi connectivity index (χ0) is 31.3. The zero-order valence-electron chi connectivity index (χ0n) is 25.0. The third-order valence-corrected chi connectivity index (χ3v) is 8.59. The number of aliphatic carboxylic acids is 1. The summed E-state index contributed by atoms with van der Waals surface area (Å²) in [6, 6.07) is 16.6. The van der Waals surface area contributed by atoms with Crippen LogP contribution in [0.15, 0.2) is 67.1 Å². The first-order chi connectivity index (χ1) is 21.4. The molecule has 0 aliphatic carbocycles. The third-order valence-electron chi connectivity index (χ3n) is 7.95. The molecule has 3 atom stereocenters. The van der Waals surface area contributed by atoms with Crippen LogP contribution in [0, 0.1) is 18.4 Å². The smallest absolute Gasteiger partial charge is 0.326 e. The molecule has 4 rings (SSSR count). The van der Waals surface area contributed by atoms with Gasteiger partial charge in [0.05, 0.1) is 24.7 Å². The van der Waals surface area contributed by atoms with Crippen LogP contribution in [-0.4, -0.2) is 81.6 Å². The van der Waals surface area contributed by atoms with Gasteiger partial charge in [0.25, 0.3) is 0 Å². The van der Waals surface area contributed by atoms with Crippen LogP contribution in [0.2, 0.25) is 0 Å². The lowest BCUT2D eigenvalue weighted by molar-refractivity contribution is -0.143. The van der Waals surface area contributed by atoms with E-state index < -0.39 is 23.8 Å². The molecule has 2 heterocycles. The van der Waals surface area contributed by atoms with E-state index in [-0.39, 0.29) is 11.8 Å². The lowest BCUT2D eigenvalue weighted by Crippen LogP contribution is -2.53. The molecule has 1 aliphatic heterocycles. The van der Waals surface area contributed by atoms with Crippen molar-refractivity contribution in [2.24, 2.45) is 11.8 Å². The number of hydrogen-bond acceptors (Lipinski definition) is 6. The highest BCUT2D eigenvalue weighted by molar-refractivity contribution is 7.98. The average molecular weight is 617 g/mol. The fourth-order valence-corrected chi connectivity index (χ4v) is 5.97. The third kappa shape index (κ3) is 9.69. The molecule has 44 heavy (non-hydrogen) atoms. The summed E-state index contributed by atoms with van der Waals surface area (Å²) in [4.78, 5) is 48.3. The van der Waals surface area contributed by atoms with E-state index in [2.05, 4.69) is 37.5 Å². The van der Waals surface area contributed by atoms with Crippen LogP contribution < -0.4 is 10.6 Å².